The minimum atomic E-state index is -0.894. The SMILES string of the molecule is Cc1ccccc1[C@@H](C)NC(=O)C(N)CC(N)=O. The van der Waals surface area contributed by atoms with E-state index in [0.29, 0.717) is 0 Å². The van der Waals surface area contributed by atoms with E-state index in [1.165, 1.54) is 0 Å². The van der Waals surface area contributed by atoms with E-state index in [1.54, 1.807) is 0 Å². The first-order valence-corrected chi connectivity index (χ1v) is 5.81. The van der Waals surface area contributed by atoms with E-state index in [-0.39, 0.29) is 18.4 Å². The van der Waals surface area contributed by atoms with Crippen LogP contribution in [0.4, 0.5) is 0 Å². The predicted octanol–water partition coefficient (Wildman–Crippen LogP) is 0.375. The van der Waals surface area contributed by atoms with Gasteiger partial charge < -0.3 is 16.8 Å². The van der Waals surface area contributed by atoms with E-state index in [1.807, 2.05) is 38.1 Å². The van der Waals surface area contributed by atoms with Crippen LogP contribution in [0.1, 0.15) is 30.5 Å². The van der Waals surface area contributed by atoms with Crippen molar-refractivity contribution in [1.29, 1.82) is 0 Å². The molecule has 98 valence electrons. The molecule has 0 aliphatic rings. The highest BCUT2D eigenvalue weighted by atomic mass is 16.2. The van der Waals surface area contributed by atoms with Crippen molar-refractivity contribution >= 4 is 11.8 Å². The van der Waals surface area contributed by atoms with Crippen molar-refractivity contribution in [1.82, 2.24) is 5.32 Å². The number of hydrogen-bond acceptors (Lipinski definition) is 3. The van der Waals surface area contributed by atoms with Crippen LogP contribution in [-0.2, 0) is 9.59 Å². The van der Waals surface area contributed by atoms with Crippen LogP contribution in [0.3, 0.4) is 0 Å². The van der Waals surface area contributed by atoms with Crippen molar-refractivity contribution in [2.45, 2.75) is 32.4 Å². The first kappa shape index (κ1) is 14.2. The summed E-state index contributed by atoms with van der Waals surface area (Å²) >= 11 is 0. The molecular formula is C13H19N3O2. The normalized spacial score (nSPS) is 13.7. The number of benzene rings is 1. The van der Waals surface area contributed by atoms with Gasteiger partial charge in [-0.05, 0) is 25.0 Å². The van der Waals surface area contributed by atoms with Gasteiger partial charge in [0.2, 0.25) is 11.8 Å². The molecule has 0 radical (unpaired) electrons. The molecule has 5 nitrogen and oxygen atoms in total. The lowest BCUT2D eigenvalue weighted by atomic mass is 10.0. The molecule has 1 rings (SSSR count). The highest BCUT2D eigenvalue weighted by molar-refractivity contribution is 5.87. The minimum Gasteiger partial charge on any atom is -0.370 e. The molecule has 0 saturated carbocycles. The highest BCUT2D eigenvalue weighted by Crippen LogP contribution is 2.16. The Hall–Kier alpha value is -1.88. The zero-order valence-corrected chi connectivity index (χ0v) is 10.6. The van der Waals surface area contributed by atoms with E-state index in [9.17, 15) is 9.59 Å². The van der Waals surface area contributed by atoms with Gasteiger partial charge in [-0.25, -0.2) is 0 Å². The van der Waals surface area contributed by atoms with Crippen LogP contribution in [0.5, 0.6) is 0 Å². The summed E-state index contributed by atoms with van der Waals surface area (Å²) in [6.07, 6.45) is -0.147. The highest BCUT2D eigenvalue weighted by Gasteiger charge is 2.18. The van der Waals surface area contributed by atoms with Gasteiger partial charge in [-0.2, -0.15) is 0 Å². The number of carbonyl (C=O) groups excluding carboxylic acids is 2. The predicted molar refractivity (Wildman–Crippen MR) is 69.5 cm³/mol. The molecule has 2 amide bonds. The largest absolute Gasteiger partial charge is 0.370 e. The van der Waals surface area contributed by atoms with E-state index in [2.05, 4.69) is 5.32 Å². The maximum Gasteiger partial charge on any atom is 0.237 e. The Balaban J connectivity index is 2.65. The Bertz CT molecular complexity index is 446. The molecule has 1 aromatic carbocycles. The Labute approximate surface area is 107 Å². The standard InChI is InChI=1S/C13H19N3O2/c1-8-5-3-4-6-10(8)9(2)16-13(18)11(14)7-12(15)17/h3-6,9,11H,7,14H2,1-2H3,(H2,15,17)(H,16,18)/t9-,11?/m1/s1. The van der Waals surface area contributed by atoms with Gasteiger partial charge in [0.1, 0.15) is 0 Å². The molecule has 0 saturated heterocycles. The minimum absolute atomic E-state index is 0.147. The first-order chi connectivity index (χ1) is 8.41. The fraction of sp³-hybridized carbons (Fsp3) is 0.385. The average Bonchev–Trinajstić information content (AvgIpc) is 2.28. The van der Waals surface area contributed by atoms with E-state index < -0.39 is 11.9 Å². The first-order valence-electron chi connectivity index (χ1n) is 5.81. The van der Waals surface area contributed by atoms with Crippen molar-refractivity contribution in [3.8, 4) is 0 Å². The summed E-state index contributed by atoms with van der Waals surface area (Å²) in [6, 6.07) is 6.72. The summed E-state index contributed by atoms with van der Waals surface area (Å²) < 4.78 is 0. The van der Waals surface area contributed by atoms with Crippen molar-refractivity contribution in [2.75, 3.05) is 0 Å². The maximum absolute atomic E-state index is 11.7. The number of rotatable bonds is 5. The fourth-order valence-electron chi connectivity index (χ4n) is 1.78. The van der Waals surface area contributed by atoms with Gasteiger partial charge in [-0.15, -0.1) is 0 Å². The average molecular weight is 249 g/mol. The zero-order valence-electron chi connectivity index (χ0n) is 10.6. The summed E-state index contributed by atoms with van der Waals surface area (Å²) in [7, 11) is 0. The number of carbonyl (C=O) groups is 2. The van der Waals surface area contributed by atoms with Gasteiger partial charge >= 0.3 is 0 Å². The molecule has 0 aliphatic heterocycles. The van der Waals surface area contributed by atoms with Crippen LogP contribution in [0, 0.1) is 6.92 Å². The Morgan fingerprint density at radius 2 is 1.94 bits per heavy atom. The zero-order chi connectivity index (χ0) is 13.7. The third kappa shape index (κ3) is 3.85. The third-order valence-electron chi connectivity index (χ3n) is 2.77. The van der Waals surface area contributed by atoms with Crippen molar-refractivity contribution < 1.29 is 9.59 Å². The molecule has 1 unspecified atom stereocenters. The van der Waals surface area contributed by atoms with Crippen molar-refractivity contribution in [3.05, 3.63) is 35.4 Å². The summed E-state index contributed by atoms with van der Waals surface area (Å²) in [4.78, 5) is 22.4. The molecule has 5 N–H and O–H groups in total. The molecule has 0 fully saturated rings. The molecular weight excluding hydrogens is 230 g/mol. The van der Waals surface area contributed by atoms with E-state index in [4.69, 9.17) is 11.5 Å². The molecule has 18 heavy (non-hydrogen) atoms. The van der Waals surface area contributed by atoms with Crippen LogP contribution in [-0.4, -0.2) is 17.9 Å². The number of hydrogen-bond donors (Lipinski definition) is 3. The monoisotopic (exact) mass is 249 g/mol. The second kappa shape index (κ2) is 6.16. The van der Waals surface area contributed by atoms with Crippen LogP contribution in [0.25, 0.3) is 0 Å². The summed E-state index contributed by atoms with van der Waals surface area (Å²) in [5.41, 5.74) is 12.7. The second-order valence-corrected chi connectivity index (χ2v) is 4.36. The molecule has 2 atom stereocenters. The molecule has 1 aromatic rings. The van der Waals surface area contributed by atoms with Gasteiger partial charge in [0, 0.05) is 0 Å². The summed E-state index contributed by atoms with van der Waals surface area (Å²) in [5.74, 6) is -0.953. The smallest absolute Gasteiger partial charge is 0.237 e. The van der Waals surface area contributed by atoms with Gasteiger partial charge in [0.15, 0.2) is 0 Å². The second-order valence-electron chi connectivity index (χ2n) is 4.36. The van der Waals surface area contributed by atoms with Gasteiger partial charge in [0.05, 0.1) is 18.5 Å². The molecule has 0 heterocycles. The molecule has 0 spiro atoms. The van der Waals surface area contributed by atoms with Gasteiger partial charge in [0.25, 0.3) is 0 Å². The number of amides is 2. The van der Waals surface area contributed by atoms with Crippen LogP contribution in [0.15, 0.2) is 24.3 Å². The lowest BCUT2D eigenvalue weighted by Gasteiger charge is -2.18. The van der Waals surface area contributed by atoms with E-state index >= 15 is 0 Å². The molecule has 0 bridgehead atoms. The Morgan fingerprint density at radius 3 is 2.50 bits per heavy atom. The van der Waals surface area contributed by atoms with Crippen LogP contribution >= 0.6 is 0 Å². The molecule has 5 heteroatoms. The third-order valence-corrected chi connectivity index (χ3v) is 2.77. The number of nitrogens with two attached hydrogens (primary N) is 2. The van der Waals surface area contributed by atoms with Gasteiger partial charge in [-0.1, -0.05) is 24.3 Å². The topological polar surface area (TPSA) is 98.2 Å². The fourth-order valence-corrected chi connectivity index (χ4v) is 1.78. The lowest BCUT2D eigenvalue weighted by molar-refractivity contribution is -0.126. The maximum atomic E-state index is 11.7. The Morgan fingerprint density at radius 1 is 1.33 bits per heavy atom. The quantitative estimate of drug-likeness (QED) is 0.703. The van der Waals surface area contributed by atoms with Crippen LogP contribution in [0.2, 0.25) is 0 Å². The lowest BCUT2D eigenvalue weighted by Crippen LogP contribution is -2.43. The molecule has 0 aromatic heterocycles. The number of nitrogens with one attached hydrogen (secondary N) is 1. The van der Waals surface area contributed by atoms with Crippen molar-refractivity contribution in [3.63, 3.8) is 0 Å². The molecule has 0 aliphatic carbocycles. The summed E-state index contributed by atoms with van der Waals surface area (Å²) in [5, 5.41) is 2.77. The number of primary amides is 1. The summed E-state index contributed by atoms with van der Waals surface area (Å²) in [6.45, 7) is 3.85. The number of aryl methyl sites for hydroxylation is 1. The van der Waals surface area contributed by atoms with Crippen LogP contribution < -0.4 is 16.8 Å². The van der Waals surface area contributed by atoms with Gasteiger partial charge in [-0.3, -0.25) is 9.59 Å². The van der Waals surface area contributed by atoms with E-state index in [0.717, 1.165) is 11.1 Å². The Kier molecular flexibility index (Phi) is 4.85. The van der Waals surface area contributed by atoms with Crippen molar-refractivity contribution in [2.24, 2.45) is 11.5 Å².